The fourth-order valence-corrected chi connectivity index (χ4v) is 4.18. The molecule has 0 aliphatic carbocycles. The van der Waals surface area contributed by atoms with Gasteiger partial charge in [0, 0.05) is 29.7 Å². The average molecular weight is 345 g/mol. The fourth-order valence-electron chi connectivity index (χ4n) is 2.93. The number of amides is 1. The molecule has 1 heterocycles. The highest BCUT2D eigenvalue weighted by molar-refractivity contribution is 7.99. The molecule has 1 aliphatic rings. The number of carbonyl (C=O) groups excluding carboxylic acids is 1. The standard InChI is InChI=1S/C19H20FNO2S/c20-16-9-5-4-8-15(16)17-10-11-21(12-13-24-17)19(23)18(22)14-6-2-1-3-7-14/h1-9,17-18,22H,10-13H2. The number of aliphatic hydroxyl groups excluding tert-OH is 1. The molecule has 1 aliphatic heterocycles. The molecule has 1 N–H and O–H groups in total. The zero-order valence-corrected chi connectivity index (χ0v) is 14.1. The average Bonchev–Trinajstić information content (AvgIpc) is 2.88. The van der Waals surface area contributed by atoms with Crippen LogP contribution in [0.2, 0.25) is 0 Å². The number of rotatable bonds is 3. The highest BCUT2D eigenvalue weighted by Crippen LogP contribution is 2.36. The van der Waals surface area contributed by atoms with Gasteiger partial charge in [0.05, 0.1) is 0 Å². The minimum absolute atomic E-state index is 0.0397. The lowest BCUT2D eigenvalue weighted by Gasteiger charge is -2.23. The monoisotopic (exact) mass is 345 g/mol. The Kier molecular flexibility index (Phi) is 5.53. The lowest BCUT2D eigenvalue weighted by Crippen LogP contribution is -2.36. The van der Waals surface area contributed by atoms with E-state index in [9.17, 15) is 14.3 Å². The van der Waals surface area contributed by atoms with Crippen LogP contribution >= 0.6 is 11.8 Å². The lowest BCUT2D eigenvalue weighted by molar-refractivity contribution is -0.140. The maximum Gasteiger partial charge on any atom is 0.256 e. The molecular weight excluding hydrogens is 325 g/mol. The van der Waals surface area contributed by atoms with E-state index in [1.54, 1.807) is 47.0 Å². The van der Waals surface area contributed by atoms with Crippen LogP contribution in [0.1, 0.15) is 28.9 Å². The summed E-state index contributed by atoms with van der Waals surface area (Å²) in [4.78, 5) is 14.2. The van der Waals surface area contributed by atoms with E-state index in [4.69, 9.17) is 0 Å². The van der Waals surface area contributed by atoms with Gasteiger partial charge in [-0.05, 0) is 18.1 Å². The van der Waals surface area contributed by atoms with Crippen molar-refractivity contribution in [2.24, 2.45) is 0 Å². The molecule has 5 heteroatoms. The van der Waals surface area contributed by atoms with Crippen LogP contribution in [0.25, 0.3) is 0 Å². The first-order valence-corrected chi connectivity index (χ1v) is 9.09. The number of nitrogens with zero attached hydrogens (tertiary/aromatic N) is 1. The van der Waals surface area contributed by atoms with E-state index < -0.39 is 6.10 Å². The van der Waals surface area contributed by atoms with Gasteiger partial charge in [-0.3, -0.25) is 4.79 Å². The molecule has 0 saturated carbocycles. The predicted molar refractivity (Wildman–Crippen MR) is 94.2 cm³/mol. The molecule has 3 nitrogen and oxygen atoms in total. The zero-order valence-electron chi connectivity index (χ0n) is 13.3. The van der Waals surface area contributed by atoms with Crippen molar-refractivity contribution in [2.45, 2.75) is 17.8 Å². The third kappa shape index (κ3) is 3.79. The van der Waals surface area contributed by atoms with E-state index in [1.807, 2.05) is 18.2 Å². The second kappa shape index (κ2) is 7.81. The molecule has 2 atom stereocenters. The second-order valence-electron chi connectivity index (χ2n) is 5.81. The summed E-state index contributed by atoms with van der Waals surface area (Å²) < 4.78 is 14.0. The van der Waals surface area contributed by atoms with Crippen molar-refractivity contribution in [2.75, 3.05) is 18.8 Å². The van der Waals surface area contributed by atoms with E-state index in [2.05, 4.69) is 0 Å². The van der Waals surface area contributed by atoms with Gasteiger partial charge in [0.25, 0.3) is 5.91 Å². The first-order chi connectivity index (χ1) is 11.7. The Morgan fingerprint density at radius 1 is 1.12 bits per heavy atom. The largest absolute Gasteiger partial charge is 0.378 e. The van der Waals surface area contributed by atoms with E-state index in [0.29, 0.717) is 30.6 Å². The highest BCUT2D eigenvalue weighted by Gasteiger charge is 2.27. The summed E-state index contributed by atoms with van der Waals surface area (Å²) in [7, 11) is 0. The fraction of sp³-hybridized carbons (Fsp3) is 0.316. The molecule has 1 saturated heterocycles. The molecule has 0 bridgehead atoms. The summed E-state index contributed by atoms with van der Waals surface area (Å²) in [6.45, 7) is 1.09. The minimum Gasteiger partial charge on any atom is -0.378 e. The Morgan fingerprint density at radius 2 is 1.83 bits per heavy atom. The van der Waals surface area contributed by atoms with Gasteiger partial charge in [-0.15, -0.1) is 0 Å². The SMILES string of the molecule is O=C(C(O)c1ccccc1)N1CCSC(c2ccccc2F)CC1. The van der Waals surface area contributed by atoms with Gasteiger partial charge in [-0.2, -0.15) is 11.8 Å². The van der Waals surface area contributed by atoms with Gasteiger partial charge in [0.2, 0.25) is 0 Å². The van der Waals surface area contributed by atoms with Gasteiger partial charge < -0.3 is 10.0 Å². The summed E-state index contributed by atoms with van der Waals surface area (Å²) in [5, 5.41) is 10.3. The van der Waals surface area contributed by atoms with Crippen molar-refractivity contribution in [3.63, 3.8) is 0 Å². The maximum atomic E-state index is 14.0. The molecular formula is C19H20FNO2S. The van der Waals surface area contributed by atoms with E-state index >= 15 is 0 Å². The number of hydrogen-bond acceptors (Lipinski definition) is 3. The predicted octanol–water partition coefficient (Wildman–Crippen LogP) is 3.57. The quantitative estimate of drug-likeness (QED) is 0.925. The van der Waals surface area contributed by atoms with E-state index in [-0.39, 0.29) is 17.0 Å². The molecule has 24 heavy (non-hydrogen) atoms. The Balaban J connectivity index is 1.67. The molecule has 0 radical (unpaired) electrons. The van der Waals surface area contributed by atoms with Gasteiger partial charge in [-0.25, -0.2) is 4.39 Å². The van der Waals surface area contributed by atoms with Crippen molar-refractivity contribution in [1.82, 2.24) is 4.90 Å². The van der Waals surface area contributed by atoms with E-state index in [1.165, 1.54) is 6.07 Å². The minimum atomic E-state index is -1.14. The number of hydrogen-bond donors (Lipinski definition) is 1. The third-order valence-electron chi connectivity index (χ3n) is 4.25. The molecule has 2 unspecified atom stereocenters. The first kappa shape index (κ1) is 17.0. The second-order valence-corrected chi connectivity index (χ2v) is 7.12. The Bertz CT molecular complexity index is 695. The summed E-state index contributed by atoms with van der Waals surface area (Å²) in [5.41, 5.74) is 1.30. The Morgan fingerprint density at radius 3 is 2.58 bits per heavy atom. The first-order valence-electron chi connectivity index (χ1n) is 8.04. The molecule has 2 aromatic carbocycles. The van der Waals surface area contributed by atoms with E-state index in [0.717, 1.165) is 5.75 Å². The van der Waals surface area contributed by atoms with Crippen molar-refractivity contribution in [1.29, 1.82) is 0 Å². The molecule has 126 valence electrons. The van der Waals surface area contributed by atoms with Crippen LogP contribution in [0.3, 0.4) is 0 Å². The molecule has 0 aromatic heterocycles. The summed E-state index contributed by atoms with van der Waals surface area (Å²) in [5.74, 6) is 0.252. The molecule has 2 aromatic rings. The number of halogens is 1. The molecule has 3 rings (SSSR count). The van der Waals surface area contributed by atoms with Crippen LogP contribution in [0.4, 0.5) is 4.39 Å². The van der Waals surface area contributed by atoms with Crippen molar-refractivity contribution in [3.05, 3.63) is 71.5 Å². The topological polar surface area (TPSA) is 40.5 Å². The molecule has 1 amide bonds. The summed E-state index contributed by atoms with van der Waals surface area (Å²) in [6, 6.07) is 15.8. The van der Waals surface area contributed by atoms with Crippen molar-refractivity contribution >= 4 is 17.7 Å². The Labute approximate surface area is 145 Å². The smallest absolute Gasteiger partial charge is 0.256 e. The summed E-state index contributed by atoms with van der Waals surface area (Å²) >= 11 is 1.66. The van der Waals surface area contributed by atoms with Crippen LogP contribution in [0.5, 0.6) is 0 Å². The van der Waals surface area contributed by atoms with Crippen LogP contribution < -0.4 is 0 Å². The lowest BCUT2D eigenvalue weighted by atomic mass is 10.1. The number of benzene rings is 2. The number of thioether (sulfide) groups is 1. The van der Waals surface area contributed by atoms with Crippen molar-refractivity contribution < 1.29 is 14.3 Å². The maximum absolute atomic E-state index is 14.0. The van der Waals surface area contributed by atoms with Crippen LogP contribution in [0, 0.1) is 5.82 Å². The van der Waals surface area contributed by atoms with Crippen LogP contribution in [-0.2, 0) is 4.79 Å². The number of aliphatic hydroxyl groups is 1. The van der Waals surface area contributed by atoms with Gasteiger partial charge in [-0.1, -0.05) is 48.5 Å². The van der Waals surface area contributed by atoms with Gasteiger partial charge >= 0.3 is 0 Å². The van der Waals surface area contributed by atoms with Crippen LogP contribution in [0.15, 0.2) is 54.6 Å². The zero-order chi connectivity index (χ0) is 16.9. The Hall–Kier alpha value is -1.85. The summed E-state index contributed by atoms with van der Waals surface area (Å²) in [6.07, 6.45) is -0.458. The van der Waals surface area contributed by atoms with Crippen LogP contribution in [-0.4, -0.2) is 34.8 Å². The number of carbonyl (C=O) groups is 1. The van der Waals surface area contributed by atoms with Gasteiger partial charge in [0.15, 0.2) is 6.10 Å². The van der Waals surface area contributed by atoms with Crippen molar-refractivity contribution in [3.8, 4) is 0 Å². The third-order valence-corrected chi connectivity index (χ3v) is 5.56. The highest BCUT2D eigenvalue weighted by atomic mass is 32.2. The van der Waals surface area contributed by atoms with Gasteiger partial charge in [0.1, 0.15) is 5.82 Å². The normalized spacial score (nSPS) is 19.6. The molecule has 0 spiro atoms. The molecule has 1 fully saturated rings.